The third-order valence-electron chi connectivity index (χ3n) is 3.62. The van der Waals surface area contributed by atoms with E-state index in [2.05, 4.69) is 48.2 Å². The van der Waals surface area contributed by atoms with Crippen molar-refractivity contribution in [1.82, 2.24) is 15.5 Å². The fourth-order valence-corrected chi connectivity index (χ4v) is 2.46. The Kier molecular flexibility index (Phi) is 11.2. The summed E-state index contributed by atoms with van der Waals surface area (Å²) < 4.78 is 13.6. The van der Waals surface area contributed by atoms with Crippen LogP contribution in [0.3, 0.4) is 0 Å². The molecular formula is C17H30FIN4. The fraction of sp³-hybridized carbons (Fsp3) is 0.588. The maximum atomic E-state index is 13.6. The monoisotopic (exact) mass is 436 g/mol. The van der Waals surface area contributed by atoms with Gasteiger partial charge in [0, 0.05) is 44.3 Å². The first kappa shape index (κ1) is 22.1. The average molecular weight is 436 g/mol. The van der Waals surface area contributed by atoms with Crippen LogP contribution in [0, 0.1) is 5.82 Å². The van der Waals surface area contributed by atoms with Gasteiger partial charge in [-0.25, -0.2) is 4.39 Å². The molecule has 0 aliphatic carbocycles. The van der Waals surface area contributed by atoms with E-state index in [0.717, 1.165) is 13.1 Å². The maximum Gasteiger partial charge on any atom is 0.191 e. The van der Waals surface area contributed by atoms with E-state index in [1.165, 1.54) is 6.07 Å². The number of rotatable bonds is 7. The van der Waals surface area contributed by atoms with E-state index in [4.69, 9.17) is 0 Å². The normalized spacial score (nSPS) is 11.8. The van der Waals surface area contributed by atoms with Crippen molar-refractivity contribution in [3.63, 3.8) is 0 Å². The zero-order valence-electron chi connectivity index (χ0n) is 14.8. The molecule has 0 aromatic heterocycles. The molecule has 0 radical (unpaired) electrons. The van der Waals surface area contributed by atoms with Crippen molar-refractivity contribution in [3.8, 4) is 0 Å². The lowest BCUT2D eigenvalue weighted by Crippen LogP contribution is -2.45. The topological polar surface area (TPSA) is 39.7 Å². The number of halogens is 2. The maximum absolute atomic E-state index is 13.6. The van der Waals surface area contributed by atoms with Gasteiger partial charge < -0.3 is 10.6 Å². The second-order valence-electron chi connectivity index (χ2n) is 5.87. The van der Waals surface area contributed by atoms with Crippen molar-refractivity contribution in [2.45, 2.75) is 46.3 Å². The van der Waals surface area contributed by atoms with Crippen molar-refractivity contribution in [3.05, 3.63) is 35.6 Å². The Hall–Kier alpha value is -0.890. The number of hydrogen-bond donors (Lipinski definition) is 2. The Morgan fingerprint density at radius 1 is 1.13 bits per heavy atom. The van der Waals surface area contributed by atoms with Crippen LogP contribution in [0.4, 0.5) is 4.39 Å². The van der Waals surface area contributed by atoms with Crippen molar-refractivity contribution in [2.75, 3.05) is 20.1 Å². The molecule has 1 rings (SSSR count). The Labute approximate surface area is 157 Å². The van der Waals surface area contributed by atoms with Crippen molar-refractivity contribution in [2.24, 2.45) is 4.99 Å². The predicted molar refractivity (Wildman–Crippen MR) is 107 cm³/mol. The molecule has 0 heterocycles. The molecule has 1 aromatic carbocycles. The standard InChI is InChI=1S/C17H29FN4.HI/c1-13(2)22(14(3)4)11-10-20-17(19-5)21-12-15-8-6-7-9-16(15)18;/h6-9,13-14H,10-12H2,1-5H3,(H2,19,20,21);1H. The smallest absolute Gasteiger partial charge is 0.191 e. The van der Waals surface area contributed by atoms with Crippen LogP contribution < -0.4 is 10.6 Å². The molecule has 6 heteroatoms. The Morgan fingerprint density at radius 2 is 1.74 bits per heavy atom. The Morgan fingerprint density at radius 3 is 2.26 bits per heavy atom. The third-order valence-corrected chi connectivity index (χ3v) is 3.62. The van der Waals surface area contributed by atoms with E-state index < -0.39 is 0 Å². The first-order valence-electron chi connectivity index (χ1n) is 7.89. The van der Waals surface area contributed by atoms with E-state index in [1.54, 1.807) is 19.2 Å². The van der Waals surface area contributed by atoms with Gasteiger partial charge in [0.1, 0.15) is 5.82 Å². The van der Waals surface area contributed by atoms with Gasteiger partial charge in [0.25, 0.3) is 0 Å². The number of hydrogen-bond acceptors (Lipinski definition) is 2. The van der Waals surface area contributed by atoms with Gasteiger partial charge in [-0.1, -0.05) is 18.2 Å². The number of guanidine groups is 1. The highest BCUT2D eigenvalue weighted by atomic mass is 127. The molecular weight excluding hydrogens is 406 g/mol. The number of benzene rings is 1. The minimum Gasteiger partial charge on any atom is -0.355 e. The molecule has 1 aromatic rings. The molecule has 0 aliphatic heterocycles. The first-order valence-corrected chi connectivity index (χ1v) is 7.89. The summed E-state index contributed by atoms with van der Waals surface area (Å²) in [5.41, 5.74) is 0.636. The quantitative estimate of drug-likeness (QED) is 0.392. The van der Waals surface area contributed by atoms with Crippen LogP contribution in [0.1, 0.15) is 33.3 Å². The number of nitrogens with one attached hydrogen (secondary N) is 2. The lowest BCUT2D eigenvalue weighted by Gasteiger charge is -2.30. The van der Waals surface area contributed by atoms with Gasteiger partial charge in [-0.15, -0.1) is 24.0 Å². The Balaban J connectivity index is 0.00000484. The highest BCUT2D eigenvalue weighted by molar-refractivity contribution is 14.0. The van der Waals surface area contributed by atoms with Gasteiger partial charge in [-0.2, -0.15) is 0 Å². The van der Waals surface area contributed by atoms with Crippen LogP contribution in [-0.2, 0) is 6.54 Å². The van der Waals surface area contributed by atoms with Gasteiger partial charge in [0.05, 0.1) is 0 Å². The molecule has 0 aliphatic rings. The molecule has 4 nitrogen and oxygen atoms in total. The van der Waals surface area contributed by atoms with Crippen LogP contribution in [0.25, 0.3) is 0 Å². The second kappa shape index (κ2) is 11.6. The number of nitrogens with zero attached hydrogens (tertiary/aromatic N) is 2. The first-order chi connectivity index (χ1) is 10.5. The van der Waals surface area contributed by atoms with Crippen LogP contribution >= 0.6 is 24.0 Å². The molecule has 0 spiro atoms. The van der Waals surface area contributed by atoms with Crippen LogP contribution in [0.5, 0.6) is 0 Å². The molecule has 2 N–H and O–H groups in total. The highest BCUT2D eigenvalue weighted by Crippen LogP contribution is 2.05. The summed E-state index contributed by atoms with van der Waals surface area (Å²) in [5.74, 6) is 0.493. The molecule has 0 saturated heterocycles. The zero-order chi connectivity index (χ0) is 16.5. The molecule has 0 fully saturated rings. The minimum absolute atomic E-state index is 0. The van der Waals surface area contributed by atoms with Gasteiger partial charge >= 0.3 is 0 Å². The van der Waals surface area contributed by atoms with Crippen LogP contribution in [0.2, 0.25) is 0 Å². The van der Waals surface area contributed by atoms with Crippen molar-refractivity contribution < 1.29 is 4.39 Å². The molecule has 0 amide bonds. The van der Waals surface area contributed by atoms with Crippen molar-refractivity contribution >= 4 is 29.9 Å². The average Bonchev–Trinajstić information content (AvgIpc) is 2.47. The fourth-order valence-electron chi connectivity index (χ4n) is 2.46. The summed E-state index contributed by atoms with van der Waals surface area (Å²) in [6, 6.07) is 7.79. The molecule has 0 atom stereocenters. The summed E-state index contributed by atoms with van der Waals surface area (Å²) in [6.45, 7) is 11.0. The van der Waals surface area contributed by atoms with E-state index in [0.29, 0.717) is 30.2 Å². The molecule has 0 unspecified atom stereocenters. The van der Waals surface area contributed by atoms with E-state index in [9.17, 15) is 4.39 Å². The highest BCUT2D eigenvalue weighted by Gasteiger charge is 2.12. The summed E-state index contributed by atoms with van der Waals surface area (Å²) in [6.07, 6.45) is 0. The lowest BCUT2D eigenvalue weighted by atomic mass is 10.2. The number of aliphatic imine (C=N–C) groups is 1. The van der Waals surface area contributed by atoms with Gasteiger partial charge in [-0.3, -0.25) is 9.89 Å². The zero-order valence-corrected chi connectivity index (χ0v) is 17.1. The van der Waals surface area contributed by atoms with Gasteiger partial charge in [0.2, 0.25) is 0 Å². The molecule has 23 heavy (non-hydrogen) atoms. The summed E-state index contributed by atoms with van der Waals surface area (Å²) >= 11 is 0. The molecule has 132 valence electrons. The summed E-state index contributed by atoms with van der Waals surface area (Å²) in [7, 11) is 1.72. The Bertz CT molecular complexity index is 469. The summed E-state index contributed by atoms with van der Waals surface area (Å²) in [4.78, 5) is 6.59. The van der Waals surface area contributed by atoms with E-state index in [1.807, 2.05) is 6.07 Å². The summed E-state index contributed by atoms with van der Waals surface area (Å²) in [5, 5.41) is 6.41. The molecule has 0 saturated carbocycles. The van der Waals surface area contributed by atoms with Gasteiger partial charge in [0.15, 0.2) is 5.96 Å². The second-order valence-corrected chi connectivity index (χ2v) is 5.87. The van der Waals surface area contributed by atoms with Crippen molar-refractivity contribution in [1.29, 1.82) is 0 Å². The van der Waals surface area contributed by atoms with E-state index >= 15 is 0 Å². The van der Waals surface area contributed by atoms with E-state index in [-0.39, 0.29) is 29.8 Å². The SMILES string of the molecule is CN=C(NCCN(C(C)C)C(C)C)NCc1ccccc1F.I. The largest absolute Gasteiger partial charge is 0.355 e. The minimum atomic E-state index is -0.198. The van der Waals surface area contributed by atoms with Crippen LogP contribution in [-0.4, -0.2) is 43.1 Å². The lowest BCUT2D eigenvalue weighted by molar-refractivity contribution is 0.178. The van der Waals surface area contributed by atoms with Crippen LogP contribution in [0.15, 0.2) is 29.3 Å². The van der Waals surface area contributed by atoms with Gasteiger partial charge in [-0.05, 0) is 33.8 Å². The predicted octanol–water partition coefficient (Wildman–Crippen LogP) is 3.23. The third kappa shape index (κ3) is 7.97. The molecule has 0 bridgehead atoms.